The number of carbonyl (C=O) groups is 1. The van der Waals surface area contributed by atoms with E-state index in [2.05, 4.69) is 24.6 Å². The van der Waals surface area contributed by atoms with E-state index in [0.29, 0.717) is 12.0 Å². The van der Waals surface area contributed by atoms with E-state index in [-0.39, 0.29) is 11.9 Å². The Morgan fingerprint density at radius 1 is 1.31 bits per heavy atom. The van der Waals surface area contributed by atoms with Gasteiger partial charge in [-0.05, 0) is 25.2 Å². The molecule has 16 heavy (non-hydrogen) atoms. The highest BCUT2D eigenvalue weighted by molar-refractivity contribution is 5.81. The Morgan fingerprint density at radius 2 is 1.94 bits per heavy atom. The molecule has 1 atom stereocenters. The van der Waals surface area contributed by atoms with Crippen LogP contribution in [0, 0.1) is 5.92 Å². The molecule has 0 heterocycles. The molecule has 0 saturated heterocycles. The van der Waals surface area contributed by atoms with Crippen LogP contribution in [0.3, 0.4) is 0 Å². The first-order valence-electron chi connectivity index (χ1n) is 6.40. The normalized spacial score (nSPS) is 19.8. The zero-order chi connectivity index (χ0) is 12.0. The molecular weight excluding hydrogens is 202 g/mol. The molecule has 0 aliphatic heterocycles. The highest BCUT2D eigenvalue weighted by Gasteiger charge is 2.22. The third-order valence-electron chi connectivity index (χ3n) is 3.18. The molecular formula is C12H25N3O. The molecule has 1 saturated carbocycles. The van der Waals surface area contributed by atoms with E-state index in [9.17, 15) is 4.79 Å². The second-order valence-electron chi connectivity index (χ2n) is 5.19. The summed E-state index contributed by atoms with van der Waals surface area (Å²) < 4.78 is 0. The molecule has 0 bridgehead atoms. The fraction of sp³-hybridized carbons (Fsp3) is 0.917. The van der Waals surface area contributed by atoms with Gasteiger partial charge in [0, 0.05) is 6.04 Å². The van der Waals surface area contributed by atoms with Crippen LogP contribution in [0.1, 0.15) is 52.4 Å². The van der Waals surface area contributed by atoms with Gasteiger partial charge in [-0.2, -0.15) is 0 Å². The van der Waals surface area contributed by atoms with Crippen LogP contribution in [-0.2, 0) is 4.79 Å². The summed E-state index contributed by atoms with van der Waals surface area (Å²) >= 11 is 0. The van der Waals surface area contributed by atoms with Crippen LogP contribution in [0.4, 0.5) is 0 Å². The lowest BCUT2D eigenvalue weighted by atomic mass is 9.95. The molecule has 0 aromatic heterocycles. The number of hydrogen-bond acceptors (Lipinski definition) is 3. The monoisotopic (exact) mass is 227 g/mol. The highest BCUT2D eigenvalue weighted by atomic mass is 16.2. The van der Waals surface area contributed by atoms with E-state index >= 15 is 0 Å². The number of rotatable bonds is 5. The number of carbonyl (C=O) groups excluding carboxylic acids is 1. The Hall–Kier alpha value is -0.610. The molecule has 0 spiro atoms. The third kappa shape index (κ3) is 4.49. The summed E-state index contributed by atoms with van der Waals surface area (Å²) in [4.78, 5) is 11.9. The molecule has 4 heteroatoms. The van der Waals surface area contributed by atoms with Gasteiger partial charge < -0.3 is 5.32 Å². The zero-order valence-electron chi connectivity index (χ0n) is 10.5. The molecule has 0 aromatic carbocycles. The van der Waals surface area contributed by atoms with E-state index in [1.165, 1.54) is 19.3 Å². The van der Waals surface area contributed by atoms with Crippen LogP contribution in [0.2, 0.25) is 0 Å². The van der Waals surface area contributed by atoms with Crippen molar-refractivity contribution < 1.29 is 4.79 Å². The van der Waals surface area contributed by atoms with Crippen molar-refractivity contribution in [1.29, 1.82) is 0 Å². The summed E-state index contributed by atoms with van der Waals surface area (Å²) in [5.74, 6) is 5.95. The molecule has 1 rings (SSSR count). The predicted molar refractivity (Wildman–Crippen MR) is 65.6 cm³/mol. The highest BCUT2D eigenvalue weighted by Crippen LogP contribution is 2.17. The van der Waals surface area contributed by atoms with E-state index in [1.54, 1.807) is 0 Å². The fourth-order valence-electron chi connectivity index (χ4n) is 2.27. The minimum Gasteiger partial charge on any atom is -0.352 e. The van der Waals surface area contributed by atoms with Crippen molar-refractivity contribution in [1.82, 2.24) is 10.7 Å². The van der Waals surface area contributed by atoms with Gasteiger partial charge in [0.2, 0.25) is 5.91 Å². The summed E-state index contributed by atoms with van der Waals surface area (Å²) in [5.41, 5.74) is 2.61. The van der Waals surface area contributed by atoms with Crippen LogP contribution >= 0.6 is 0 Å². The second kappa shape index (κ2) is 6.86. The summed E-state index contributed by atoms with van der Waals surface area (Å²) in [5, 5.41) is 3.09. The molecule has 4 nitrogen and oxygen atoms in total. The van der Waals surface area contributed by atoms with Crippen LogP contribution in [0.15, 0.2) is 0 Å². The number of hydrogen-bond donors (Lipinski definition) is 3. The van der Waals surface area contributed by atoms with Gasteiger partial charge in [-0.15, -0.1) is 0 Å². The Morgan fingerprint density at radius 3 is 2.44 bits per heavy atom. The maximum absolute atomic E-state index is 11.9. The molecule has 1 unspecified atom stereocenters. The maximum Gasteiger partial charge on any atom is 0.238 e. The minimum absolute atomic E-state index is 0.0584. The van der Waals surface area contributed by atoms with E-state index in [1.807, 2.05) is 0 Å². The molecule has 0 radical (unpaired) electrons. The lowest BCUT2D eigenvalue weighted by Crippen LogP contribution is -2.51. The van der Waals surface area contributed by atoms with Gasteiger partial charge in [0.15, 0.2) is 0 Å². The molecule has 1 aliphatic rings. The van der Waals surface area contributed by atoms with Crippen molar-refractivity contribution in [2.45, 2.75) is 64.5 Å². The van der Waals surface area contributed by atoms with Crippen molar-refractivity contribution in [2.24, 2.45) is 11.8 Å². The molecule has 1 amide bonds. The Balaban J connectivity index is 2.35. The van der Waals surface area contributed by atoms with E-state index in [0.717, 1.165) is 19.3 Å². The quantitative estimate of drug-likeness (QED) is 0.490. The maximum atomic E-state index is 11.9. The number of hydrazine groups is 1. The molecule has 0 aromatic rings. The standard InChI is InChI=1S/C12H25N3O/c1-9(2)8-11(15-13)12(16)14-10-6-4-3-5-7-10/h9-11,15H,3-8,13H2,1-2H3,(H,14,16). The van der Waals surface area contributed by atoms with Gasteiger partial charge in [0.25, 0.3) is 0 Å². The number of nitrogens with one attached hydrogen (secondary N) is 2. The SMILES string of the molecule is CC(C)CC(NN)C(=O)NC1CCCCC1. The molecule has 94 valence electrons. The van der Waals surface area contributed by atoms with Crippen molar-refractivity contribution in [3.8, 4) is 0 Å². The van der Waals surface area contributed by atoms with Gasteiger partial charge in [-0.1, -0.05) is 33.1 Å². The van der Waals surface area contributed by atoms with Crippen LogP contribution < -0.4 is 16.6 Å². The van der Waals surface area contributed by atoms with Crippen molar-refractivity contribution in [3.05, 3.63) is 0 Å². The molecule has 1 aliphatic carbocycles. The van der Waals surface area contributed by atoms with Crippen molar-refractivity contribution in [2.75, 3.05) is 0 Å². The Kier molecular flexibility index (Phi) is 5.77. The zero-order valence-corrected chi connectivity index (χ0v) is 10.5. The minimum atomic E-state index is -0.248. The smallest absolute Gasteiger partial charge is 0.238 e. The average Bonchev–Trinajstić information content (AvgIpc) is 2.26. The van der Waals surface area contributed by atoms with Crippen LogP contribution in [-0.4, -0.2) is 18.0 Å². The van der Waals surface area contributed by atoms with Crippen molar-refractivity contribution in [3.63, 3.8) is 0 Å². The lowest BCUT2D eigenvalue weighted by Gasteiger charge is -2.25. The van der Waals surface area contributed by atoms with Gasteiger partial charge >= 0.3 is 0 Å². The molecule has 4 N–H and O–H groups in total. The molecule has 1 fully saturated rings. The lowest BCUT2D eigenvalue weighted by molar-refractivity contribution is -0.124. The van der Waals surface area contributed by atoms with Gasteiger partial charge in [-0.3, -0.25) is 10.6 Å². The Labute approximate surface area is 98.3 Å². The van der Waals surface area contributed by atoms with Gasteiger partial charge in [-0.25, -0.2) is 5.43 Å². The first-order valence-corrected chi connectivity index (χ1v) is 6.40. The summed E-state index contributed by atoms with van der Waals surface area (Å²) in [7, 11) is 0. The summed E-state index contributed by atoms with van der Waals surface area (Å²) in [6, 6.07) is 0.117. The van der Waals surface area contributed by atoms with Crippen LogP contribution in [0.25, 0.3) is 0 Å². The second-order valence-corrected chi connectivity index (χ2v) is 5.19. The summed E-state index contributed by atoms with van der Waals surface area (Å²) in [6.07, 6.45) is 6.78. The van der Waals surface area contributed by atoms with Gasteiger partial charge in [0.1, 0.15) is 0 Å². The first kappa shape index (κ1) is 13.5. The Bertz CT molecular complexity index is 212. The van der Waals surface area contributed by atoms with Crippen LogP contribution in [0.5, 0.6) is 0 Å². The largest absolute Gasteiger partial charge is 0.352 e. The third-order valence-corrected chi connectivity index (χ3v) is 3.18. The average molecular weight is 227 g/mol. The van der Waals surface area contributed by atoms with E-state index in [4.69, 9.17) is 5.84 Å². The topological polar surface area (TPSA) is 67.1 Å². The number of amides is 1. The van der Waals surface area contributed by atoms with Gasteiger partial charge in [0.05, 0.1) is 6.04 Å². The van der Waals surface area contributed by atoms with Crippen molar-refractivity contribution >= 4 is 5.91 Å². The number of nitrogens with two attached hydrogens (primary N) is 1. The summed E-state index contributed by atoms with van der Waals surface area (Å²) in [6.45, 7) is 4.19. The van der Waals surface area contributed by atoms with E-state index < -0.39 is 0 Å². The predicted octanol–water partition coefficient (Wildman–Crippen LogP) is 1.31. The first-order chi connectivity index (χ1) is 7.63. The fourth-order valence-corrected chi connectivity index (χ4v) is 2.27.